The zero-order chi connectivity index (χ0) is 32.1. The minimum absolute atomic E-state index is 0.0450. The molecule has 0 spiro atoms. The highest BCUT2D eigenvalue weighted by atomic mass is 35.5. The van der Waals surface area contributed by atoms with Crippen molar-refractivity contribution in [1.82, 2.24) is 10.6 Å². The van der Waals surface area contributed by atoms with Gasteiger partial charge >= 0.3 is 11.9 Å². The first kappa shape index (κ1) is 34.4. The van der Waals surface area contributed by atoms with Crippen molar-refractivity contribution in [3.05, 3.63) is 82.9 Å². The second-order valence-electron chi connectivity index (χ2n) is 11.1. The van der Waals surface area contributed by atoms with Gasteiger partial charge in [-0.1, -0.05) is 87.0 Å². The van der Waals surface area contributed by atoms with Gasteiger partial charge in [0.05, 0.1) is 18.6 Å². The Kier molecular flexibility index (Phi) is 13.5. The van der Waals surface area contributed by atoms with Crippen LogP contribution in [0.1, 0.15) is 51.2 Å². The highest BCUT2D eigenvalue weighted by molar-refractivity contribution is 6.32. The van der Waals surface area contributed by atoms with Crippen LogP contribution < -0.4 is 15.4 Å². The second-order valence-corrected chi connectivity index (χ2v) is 11.5. The van der Waals surface area contributed by atoms with Gasteiger partial charge in [0.15, 0.2) is 6.10 Å². The van der Waals surface area contributed by atoms with Gasteiger partial charge < -0.3 is 24.8 Å². The third-order valence-electron chi connectivity index (χ3n) is 7.02. The van der Waals surface area contributed by atoms with E-state index in [1.165, 1.54) is 13.2 Å². The number of carbonyl (C=O) groups is 4. The van der Waals surface area contributed by atoms with Gasteiger partial charge in [0.1, 0.15) is 17.9 Å². The Balaban J connectivity index is 1.86. The number of hydrogen-bond acceptors (Lipinski definition) is 7. The number of halogens is 1. The van der Waals surface area contributed by atoms with Gasteiger partial charge in [0.2, 0.25) is 11.8 Å². The summed E-state index contributed by atoms with van der Waals surface area (Å²) in [5.74, 6) is -1.96. The summed E-state index contributed by atoms with van der Waals surface area (Å²) >= 11 is 6.27. The molecule has 0 fully saturated rings. The monoisotopic (exact) mass is 624 g/mol. The fourth-order valence-corrected chi connectivity index (χ4v) is 4.89. The number of amides is 2. The minimum Gasteiger partial charge on any atom is -0.495 e. The summed E-state index contributed by atoms with van der Waals surface area (Å²) in [6.07, 6.45) is 5.54. The van der Waals surface area contributed by atoms with E-state index in [1.807, 2.05) is 63.3 Å². The van der Waals surface area contributed by atoms with Crippen molar-refractivity contribution in [3.63, 3.8) is 0 Å². The van der Waals surface area contributed by atoms with Crippen LogP contribution in [0, 0.1) is 11.8 Å². The van der Waals surface area contributed by atoms with Crippen LogP contribution >= 0.6 is 11.6 Å². The SMILES string of the molecule is COc1ccc(C[C@H]2NC(=O)C=CC[C@@H]([C@H](C)/C=C/c3ccccc3)OC(=O)[C@H](CC(C)C)OC(=O)CCNC2=O)cc1Cl. The molecule has 0 saturated heterocycles. The first-order valence-electron chi connectivity index (χ1n) is 14.8. The minimum atomic E-state index is -1.10. The number of esters is 2. The maximum Gasteiger partial charge on any atom is 0.347 e. The summed E-state index contributed by atoms with van der Waals surface area (Å²) in [5.41, 5.74) is 1.69. The maximum atomic E-state index is 13.3. The predicted octanol–water partition coefficient (Wildman–Crippen LogP) is 5.06. The van der Waals surface area contributed by atoms with Gasteiger partial charge in [-0.3, -0.25) is 14.4 Å². The van der Waals surface area contributed by atoms with Crippen LogP contribution in [0.15, 0.2) is 66.8 Å². The van der Waals surface area contributed by atoms with Gasteiger partial charge in [-0.25, -0.2) is 4.79 Å². The lowest BCUT2D eigenvalue weighted by Gasteiger charge is -2.25. The topological polar surface area (TPSA) is 120 Å². The summed E-state index contributed by atoms with van der Waals surface area (Å²) in [6.45, 7) is 5.70. The predicted molar refractivity (Wildman–Crippen MR) is 169 cm³/mol. The summed E-state index contributed by atoms with van der Waals surface area (Å²) in [5, 5.41) is 5.79. The van der Waals surface area contributed by atoms with Gasteiger partial charge in [-0.05, 0) is 41.7 Å². The van der Waals surface area contributed by atoms with Crippen LogP contribution in [-0.2, 0) is 35.1 Å². The molecule has 4 atom stereocenters. The van der Waals surface area contributed by atoms with Crippen LogP contribution in [0.25, 0.3) is 6.08 Å². The molecule has 10 heteroatoms. The molecule has 0 bridgehead atoms. The molecule has 1 aliphatic rings. The Labute approximate surface area is 264 Å². The molecule has 3 rings (SSSR count). The first-order valence-corrected chi connectivity index (χ1v) is 15.1. The van der Waals surface area contributed by atoms with Gasteiger partial charge in [-0.15, -0.1) is 0 Å². The highest BCUT2D eigenvalue weighted by Crippen LogP contribution is 2.25. The summed E-state index contributed by atoms with van der Waals surface area (Å²) in [7, 11) is 1.50. The fraction of sp³-hybridized carbons (Fsp3) is 0.412. The van der Waals surface area contributed by atoms with Crippen LogP contribution in [-0.4, -0.2) is 55.7 Å². The van der Waals surface area contributed by atoms with Gasteiger partial charge in [0.25, 0.3) is 0 Å². The number of nitrogens with one attached hydrogen (secondary N) is 2. The third-order valence-corrected chi connectivity index (χ3v) is 7.32. The van der Waals surface area contributed by atoms with Crippen molar-refractivity contribution in [2.24, 2.45) is 11.8 Å². The van der Waals surface area contributed by atoms with Crippen molar-refractivity contribution < 1.29 is 33.4 Å². The molecule has 9 nitrogen and oxygen atoms in total. The van der Waals surface area contributed by atoms with E-state index < -0.39 is 42.0 Å². The van der Waals surface area contributed by atoms with E-state index >= 15 is 0 Å². The Morgan fingerprint density at radius 1 is 1.05 bits per heavy atom. The summed E-state index contributed by atoms with van der Waals surface area (Å²) in [4.78, 5) is 52.0. The van der Waals surface area contributed by atoms with E-state index in [0.29, 0.717) is 16.3 Å². The number of rotatable bonds is 8. The lowest BCUT2D eigenvalue weighted by Crippen LogP contribution is -2.48. The Morgan fingerprint density at radius 2 is 1.80 bits per heavy atom. The molecule has 1 heterocycles. The van der Waals surface area contributed by atoms with E-state index in [-0.39, 0.29) is 44.1 Å². The number of benzene rings is 2. The van der Waals surface area contributed by atoms with E-state index in [1.54, 1.807) is 24.3 Å². The average molecular weight is 625 g/mol. The van der Waals surface area contributed by atoms with E-state index in [9.17, 15) is 19.2 Å². The number of ether oxygens (including phenoxy) is 3. The van der Waals surface area contributed by atoms with Crippen molar-refractivity contribution in [2.75, 3.05) is 13.7 Å². The maximum absolute atomic E-state index is 13.3. The van der Waals surface area contributed by atoms with E-state index in [0.717, 1.165) is 5.56 Å². The molecule has 44 heavy (non-hydrogen) atoms. The molecular formula is C34H41ClN2O7. The van der Waals surface area contributed by atoms with Gasteiger partial charge in [0, 0.05) is 25.3 Å². The van der Waals surface area contributed by atoms with Gasteiger partial charge in [-0.2, -0.15) is 0 Å². The highest BCUT2D eigenvalue weighted by Gasteiger charge is 2.30. The molecule has 2 N–H and O–H groups in total. The number of carbonyl (C=O) groups excluding carboxylic acids is 4. The molecule has 0 aliphatic carbocycles. The fourth-order valence-electron chi connectivity index (χ4n) is 4.61. The van der Waals surface area contributed by atoms with Crippen molar-refractivity contribution in [1.29, 1.82) is 0 Å². The number of cyclic esters (lactones) is 2. The zero-order valence-electron chi connectivity index (χ0n) is 25.6. The Hall–Kier alpha value is -4.11. The van der Waals surface area contributed by atoms with Crippen molar-refractivity contribution in [2.45, 2.75) is 64.7 Å². The van der Waals surface area contributed by atoms with Crippen molar-refractivity contribution >= 4 is 41.4 Å². The Morgan fingerprint density at radius 3 is 2.48 bits per heavy atom. The van der Waals surface area contributed by atoms with Crippen LogP contribution in [0.5, 0.6) is 5.75 Å². The summed E-state index contributed by atoms with van der Waals surface area (Å²) < 4.78 is 16.6. The first-order chi connectivity index (χ1) is 21.0. The largest absolute Gasteiger partial charge is 0.495 e. The smallest absolute Gasteiger partial charge is 0.347 e. The zero-order valence-corrected chi connectivity index (χ0v) is 26.3. The Bertz CT molecular complexity index is 1340. The molecule has 1 aliphatic heterocycles. The molecule has 0 aromatic heterocycles. The third kappa shape index (κ3) is 11.2. The molecule has 2 aromatic rings. The van der Waals surface area contributed by atoms with Crippen LogP contribution in [0.2, 0.25) is 5.02 Å². The number of methoxy groups -OCH3 is 1. The quantitative estimate of drug-likeness (QED) is 0.394. The van der Waals surface area contributed by atoms with E-state index in [4.69, 9.17) is 25.8 Å². The standard InChI is InChI=1S/C34H41ClN2O7/c1-22(2)19-30-34(41)44-28(23(3)13-14-24-9-6-5-7-10-24)11-8-12-31(38)37-27(33(40)36-18-17-32(39)43-30)21-25-15-16-29(42-4)26(35)20-25/h5-10,12-16,20,22-23,27-28,30H,11,17-19,21H2,1-4H3,(H,36,40)(H,37,38)/b12-8?,14-13+/t23-,27-,28+,30+/m1/s1. The molecule has 2 aromatic carbocycles. The average Bonchev–Trinajstić information content (AvgIpc) is 2.98. The molecule has 0 radical (unpaired) electrons. The number of hydrogen-bond donors (Lipinski definition) is 2. The van der Waals surface area contributed by atoms with E-state index in [2.05, 4.69) is 10.6 Å². The van der Waals surface area contributed by atoms with Crippen LogP contribution in [0.4, 0.5) is 0 Å². The molecule has 2 amide bonds. The lowest BCUT2D eigenvalue weighted by molar-refractivity contribution is -0.173. The molecular weight excluding hydrogens is 584 g/mol. The molecule has 236 valence electrons. The summed E-state index contributed by atoms with van der Waals surface area (Å²) in [6, 6.07) is 13.9. The molecule has 0 unspecified atom stereocenters. The van der Waals surface area contributed by atoms with Crippen LogP contribution in [0.3, 0.4) is 0 Å². The lowest BCUT2D eigenvalue weighted by atomic mass is 9.99. The van der Waals surface area contributed by atoms with Crippen molar-refractivity contribution in [3.8, 4) is 5.75 Å². The second kappa shape index (κ2) is 17.3. The molecule has 0 saturated carbocycles. The normalized spacial score (nSPS) is 21.4.